The number of rotatable bonds is 5. The molecule has 1 amide bonds. The van der Waals surface area contributed by atoms with Gasteiger partial charge in [-0.15, -0.1) is 0 Å². The van der Waals surface area contributed by atoms with E-state index >= 15 is 0 Å². The molecular formula is C11H18N4OS. The number of nitrogens with two attached hydrogens (primary N) is 1. The van der Waals surface area contributed by atoms with Crippen LogP contribution < -0.4 is 11.1 Å². The number of carbonyl (C=O) groups excluding carboxylic acids is 1. The molecule has 1 heterocycles. The summed E-state index contributed by atoms with van der Waals surface area (Å²) in [5.74, 6) is 1.17. The molecule has 0 saturated heterocycles. The van der Waals surface area contributed by atoms with Gasteiger partial charge in [-0.2, -0.15) is 0 Å². The lowest BCUT2D eigenvalue weighted by Gasteiger charge is -2.07. The van der Waals surface area contributed by atoms with Crippen LogP contribution in [0, 0.1) is 6.92 Å². The minimum absolute atomic E-state index is 0.0492. The number of nitrogen functional groups attached to an aromatic ring is 1. The molecular weight excluding hydrogens is 236 g/mol. The van der Waals surface area contributed by atoms with E-state index in [0.29, 0.717) is 23.1 Å². The number of nitrogens with one attached hydrogen (secondary N) is 1. The Morgan fingerprint density at radius 2 is 2.24 bits per heavy atom. The predicted molar refractivity (Wildman–Crippen MR) is 69.8 cm³/mol. The summed E-state index contributed by atoms with van der Waals surface area (Å²) in [5, 5.41) is 3.46. The number of amides is 1. The van der Waals surface area contributed by atoms with Gasteiger partial charge in [-0.05, 0) is 20.8 Å². The molecule has 6 heteroatoms. The first kappa shape index (κ1) is 13.8. The fraction of sp³-hybridized carbons (Fsp3) is 0.545. The van der Waals surface area contributed by atoms with E-state index in [0.717, 1.165) is 5.69 Å². The molecule has 0 bridgehead atoms. The Kier molecular flexibility index (Phi) is 5.21. The summed E-state index contributed by atoms with van der Waals surface area (Å²) in [7, 11) is 0. The smallest absolute Gasteiger partial charge is 0.221 e. The maximum absolute atomic E-state index is 11.4. The quantitative estimate of drug-likeness (QED) is 0.613. The first-order chi connectivity index (χ1) is 7.97. The van der Waals surface area contributed by atoms with E-state index in [-0.39, 0.29) is 11.9 Å². The Labute approximate surface area is 106 Å². The van der Waals surface area contributed by atoms with Gasteiger partial charge in [-0.1, -0.05) is 11.8 Å². The number of hydrogen-bond donors (Lipinski definition) is 2. The van der Waals surface area contributed by atoms with Crippen molar-refractivity contribution in [2.75, 3.05) is 11.5 Å². The summed E-state index contributed by atoms with van der Waals surface area (Å²) in [6.45, 7) is 5.75. The molecule has 0 unspecified atom stereocenters. The minimum Gasteiger partial charge on any atom is -0.384 e. The second kappa shape index (κ2) is 6.44. The molecule has 0 radical (unpaired) electrons. The number of carbonyl (C=O) groups is 1. The van der Waals surface area contributed by atoms with Crippen molar-refractivity contribution >= 4 is 23.5 Å². The van der Waals surface area contributed by atoms with Gasteiger partial charge >= 0.3 is 0 Å². The molecule has 0 atom stereocenters. The van der Waals surface area contributed by atoms with E-state index in [1.165, 1.54) is 11.8 Å². The molecule has 0 saturated carbocycles. The van der Waals surface area contributed by atoms with Crippen molar-refractivity contribution < 1.29 is 4.79 Å². The van der Waals surface area contributed by atoms with Crippen LogP contribution in [0.1, 0.15) is 26.0 Å². The Bertz CT molecular complexity index is 375. The Morgan fingerprint density at radius 3 is 2.82 bits per heavy atom. The van der Waals surface area contributed by atoms with Crippen LogP contribution in [0.2, 0.25) is 0 Å². The third kappa shape index (κ3) is 5.53. The van der Waals surface area contributed by atoms with Gasteiger partial charge in [0.25, 0.3) is 0 Å². The van der Waals surface area contributed by atoms with Gasteiger partial charge in [0.1, 0.15) is 5.82 Å². The van der Waals surface area contributed by atoms with Crippen molar-refractivity contribution in [2.24, 2.45) is 0 Å². The molecule has 0 aliphatic carbocycles. The van der Waals surface area contributed by atoms with E-state index in [1.807, 2.05) is 20.8 Å². The van der Waals surface area contributed by atoms with E-state index in [4.69, 9.17) is 5.73 Å². The SMILES string of the molecule is Cc1cc(N)nc(SCCC(=O)NC(C)C)n1. The topological polar surface area (TPSA) is 80.9 Å². The molecule has 0 aliphatic heterocycles. The molecule has 1 aromatic heterocycles. The van der Waals surface area contributed by atoms with Crippen LogP contribution in [0.15, 0.2) is 11.2 Å². The van der Waals surface area contributed by atoms with Crippen LogP contribution in [-0.4, -0.2) is 27.7 Å². The zero-order chi connectivity index (χ0) is 12.8. The molecule has 5 nitrogen and oxygen atoms in total. The normalized spacial score (nSPS) is 10.6. The van der Waals surface area contributed by atoms with Crippen LogP contribution in [0.3, 0.4) is 0 Å². The van der Waals surface area contributed by atoms with E-state index in [9.17, 15) is 4.79 Å². The van der Waals surface area contributed by atoms with Gasteiger partial charge < -0.3 is 11.1 Å². The lowest BCUT2D eigenvalue weighted by Crippen LogP contribution is -2.30. The van der Waals surface area contributed by atoms with E-state index in [2.05, 4.69) is 15.3 Å². The lowest BCUT2D eigenvalue weighted by molar-refractivity contribution is -0.121. The summed E-state index contributed by atoms with van der Waals surface area (Å²) in [4.78, 5) is 19.7. The molecule has 94 valence electrons. The number of anilines is 1. The van der Waals surface area contributed by atoms with Crippen LogP contribution in [0.4, 0.5) is 5.82 Å². The predicted octanol–water partition coefficient (Wildman–Crippen LogP) is 1.37. The second-order valence-electron chi connectivity index (χ2n) is 4.04. The molecule has 0 spiro atoms. The Morgan fingerprint density at radius 1 is 1.53 bits per heavy atom. The number of nitrogens with zero attached hydrogens (tertiary/aromatic N) is 2. The van der Waals surface area contributed by atoms with Crippen molar-refractivity contribution in [3.8, 4) is 0 Å². The monoisotopic (exact) mass is 254 g/mol. The fourth-order valence-electron chi connectivity index (χ4n) is 1.26. The van der Waals surface area contributed by atoms with Gasteiger partial charge in [-0.3, -0.25) is 4.79 Å². The number of thioether (sulfide) groups is 1. The number of aromatic nitrogens is 2. The standard InChI is InChI=1S/C11H18N4OS/c1-7(2)13-10(16)4-5-17-11-14-8(3)6-9(12)15-11/h6-7H,4-5H2,1-3H3,(H,13,16)(H2,12,14,15). The summed E-state index contributed by atoms with van der Waals surface area (Å²) >= 11 is 1.44. The molecule has 1 rings (SSSR count). The van der Waals surface area contributed by atoms with Crippen molar-refractivity contribution in [1.82, 2.24) is 15.3 Å². The van der Waals surface area contributed by atoms with Gasteiger partial charge in [0.2, 0.25) is 5.91 Å². The largest absolute Gasteiger partial charge is 0.384 e. The first-order valence-corrected chi connectivity index (χ1v) is 6.49. The highest BCUT2D eigenvalue weighted by atomic mass is 32.2. The molecule has 17 heavy (non-hydrogen) atoms. The van der Waals surface area contributed by atoms with E-state index < -0.39 is 0 Å². The van der Waals surface area contributed by atoms with Crippen molar-refractivity contribution in [2.45, 2.75) is 38.4 Å². The van der Waals surface area contributed by atoms with Crippen LogP contribution in [-0.2, 0) is 4.79 Å². The van der Waals surface area contributed by atoms with Crippen molar-refractivity contribution in [1.29, 1.82) is 0 Å². The zero-order valence-electron chi connectivity index (χ0n) is 10.4. The third-order valence-electron chi connectivity index (χ3n) is 1.86. The molecule has 1 aromatic rings. The highest BCUT2D eigenvalue weighted by molar-refractivity contribution is 7.99. The summed E-state index contributed by atoms with van der Waals surface area (Å²) in [5.41, 5.74) is 6.45. The van der Waals surface area contributed by atoms with Crippen molar-refractivity contribution in [3.63, 3.8) is 0 Å². The Balaban J connectivity index is 2.38. The third-order valence-corrected chi connectivity index (χ3v) is 2.71. The summed E-state index contributed by atoms with van der Waals surface area (Å²) in [6.07, 6.45) is 0.458. The van der Waals surface area contributed by atoms with Gasteiger partial charge in [0, 0.05) is 30.0 Å². The van der Waals surface area contributed by atoms with Crippen LogP contribution >= 0.6 is 11.8 Å². The maximum Gasteiger partial charge on any atom is 0.221 e. The molecule has 0 aromatic carbocycles. The molecule has 0 aliphatic rings. The van der Waals surface area contributed by atoms with Crippen LogP contribution in [0.5, 0.6) is 0 Å². The minimum atomic E-state index is 0.0492. The lowest BCUT2D eigenvalue weighted by atomic mass is 10.3. The average molecular weight is 254 g/mol. The van der Waals surface area contributed by atoms with Gasteiger partial charge in [-0.25, -0.2) is 9.97 Å². The van der Waals surface area contributed by atoms with Crippen LogP contribution in [0.25, 0.3) is 0 Å². The molecule has 0 fully saturated rings. The first-order valence-electron chi connectivity index (χ1n) is 5.50. The number of aryl methyl sites for hydroxylation is 1. The summed E-state index contributed by atoms with van der Waals surface area (Å²) in [6, 6.07) is 1.90. The Hall–Kier alpha value is -1.30. The number of hydrogen-bond acceptors (Lipinski definition) is 5. The fourth-order valence-corrected chi connectivity index (χ4v) is 2.11. The van der Waals surface area contributed by atoms with Crippen molar-refractivity contribution in [3.05, 3.63) is 11.8 Å². The van der Waals surface area contributed by atoms with Gasteiger partial charge in [0.05, 0.1) is 0 Å². The molecule has 3 N–H and O–H groups in total. The van der Waals surface area contributed by atoms with E-state index in [1.54, 1.807) is 6.07 Å². The average Bonchev–Trinajstić information content (AvgIpc) is 2.14. The summed E-state index contributed by atoms with van der Waals surface area (Å²) < 4.78 is 0. The second-order valence-corrected chi connectivity index (χ2v) is 5.10. The zero-order valence-corrected chi connectivity index (χ0v) is 11.2. The highest BCUT2D eigenvalue weighted by Crippen LogP contribution is 2.15. The maximum atomic E-state index is 11.4. The highest BCUT2D eigenvalue weighted by Gasteiger charge is 2.05. The van der Waals surface area contributed by atoms with Gasteiger partial charge in [0.15, 0.2) is 5.16 Å².